The zero-order valence-electron chi connectivity index (χ0n) is 11.0. The van der Waals surface area contributed by atoms with E-state index in [9.17, 15) is 4.79 Å². The van der Waals surface area contributed by atoms with Crippen LogP contribution in [0.1, 0.15) is 21.9 Å². The van der Waals surface area contributed by atoms with Crippen LogP contribution in [0.4, 0.5) is 5.69 Å². The number of fused-ring (bicyclic) bond motifs is 1. The predicted molar refractivity (Wildman–Crippen MR) is 74.9 cm³/mol. The second-order valence-corrected chi connectivity index (χ2v) is 4.80. The number of benzene rings is 1. The average molecular weight is 272 g/mol. The molecule has 1 aromatic heterocycles. The van der Waals surface area contributed by atoms with E-state index in [1.165, 1.54) is 17.3 Å². The molecule has 0 saturated carbocycles. The van der Waals surface area contributed by atoms with E-state index in [4.69, 9.17) is 9.52 Å². The summed E-state index contributed by atoms with van der Waals surface area (Å²) in [6, 6.07) is 11.5. The number of rotatable bonds is 3. The third-order valence-corrected chi connectivity index (χ3v) is 3.43. The fourth-order valence-corrected chi connectivity index (χ4v) is 2.46. The molecule has 2 N–H and O–H groups in total. The Morgan fingerprint density at radius 3 is 2.95 bits per heavy atom. The maximum atomic E-state index is 10.8. The Morgan fingerprint density at radius 1 is 1.30 bits per heavy atom. The second kappa shape index (κ2) is 5.38. The van der Waals surface area contributed by atoms with E-state index >= 15 is 0 Å². The minimum absolute atomic E-state index is 0.0127. The maximum absolute atomic E-state index is 10.8. The van der Waals surface area contributed by atoms with E-state index in [1.54, 1.807) is 6.07 Å². The molecule has 5 heteroatoms. The third-order valence-electron chi connectivity index (χ3n) is 3.43. The van der Waals surface area contributed by atoms with Gasteiger partial charge in [-0.25, -0.2) is 4.79 Å². The van der Waals surface area contributed by atoms with Gasteiger partial charge in [0.2, 0.25) is 5.76 Å². The van der Waals surface area contributed by atoms with E-state index in [2.05, 4.69) is 22.3 Å². The molecule has 0 saturated heterocycles. The molecule has 1 aromatic carbocycles. The highest BCUT2D eigenvalue weighted by atomic mass is 16.4. The van der Waals surface area contributed by atoms with Crippen LogP contribution in [0.15, 0.2) is 40.8 Å². The Labute approximate surface area is 116 Å². The minimum Gasteiger partial charge on any atom is -0.475 e. The van der Waals surface area contributed by atoms with Crippen molar-refractivity contribution in [1.29, 1.82) is 0 Å². The normalized spacial score (nSPS) is 14.7. The SMILES string of the molecule is O=C(O)c1ccc(CN2CCNCc3ccccc32)o1. The standard InChI is InChI=1S/C15H16N2O3/c18-15(19)14-6-5-12(20-14)10-17-8-7-16-9-11-3-1-2-4-13(11)17/h1-6,16H,7-10H2,(H,18,19). The van der Waals surface area contributed by atoms with Gasteiger partial charge >= 0.3 is 5.97 Å². The molecule has 3 rings (SSSR count). The molecule has 0 amide bonds. The van der Waals surface area contributed by atoms with Gasteiger partial charge in [-0.3, -0.25) is 0 Å². The summed E-state index contributed by atoms with van der Waals surface area (Å²) >= 11 is 0. The van der Waals surface area contributed by atoms with Gasteiger partial charge in [-0.2, -0.15) is 0 Å². The zero-order chi connectivity index (χ0) is 13.9. The maximum Gasteiger partial charge on any atom is 0.371 e. The Hall–Kier alpha value is -2.27. The first-order valence-electron chi connectivity index (χ1n) is 6.59. The monoisotopic (exact) mass is 272 g/mol. The average Bonchev–Trinajstić information content (AvgIpc) is 2.82. The lowest BCUT2D eigenvalue weighted by Crippen LogP contribution is -2.28. The smallest absolute Gasteiger partial charge is 0.371 e. The molecule has 104 valence electrons. The van der Waals surface area contributed by atoms with Crippen LogP contribution in [0.5, 0.6) is 0 Å². The van der Waals surface area contributed by atoms with Gasteiger partial charge in [-0.05, 0) is 23.8 Å². The van der Waals surface area contributed by atoms with Gasteiger partial charge in [0.15, 0.2) is 0 Å². The zero-order valence-corrected chi connectivity index (χ0v) is 11.0. The molecule has 0 aliphatic carbocycles. The van der Waals surface area contributed by atoms with E-state index in [1.807, 2.05) is 12.1 Å². The molecule has 2 heterocycles. The van der Waals surface area contributed by atoms with Crippen molar-refractivity contribution in [2.45, 2.75) is 13.1 Å². The molecule has 1 aliphatic heterocycles. The molecule has 0 fully saturated rings. The molecule has 0 unspecified atom stereocenters. The van der Waals surface area contributed by atoms with Gasteiger partial charge in [0, 0.05) is 25.3 Å². The Morgan fingerprint density at radius 2 is 2.15 bits per heavy atom. The van der Waals surface area contributed by atoms with Crippen LogP contribution in [0.2, 0.25) is 0 Å². The molecule has 0 bridgehead atoms. The molecular formula is C15H16N2O3. The van der Waals surface area contributed by atoms with E-state index < -0.39 is 5.97 Å². The highest BCUT2D eigenvalue weighted by molar-refractivity contribution is 5.84. The predicted octanol–water partition coefficient (Wildman–Crippen LogP) is 2.09. The fraction of sp³-hybridized carbons (Fsp3) is 0.267. The van der Waals surface area contributed by atoms with Crippen molar-refractivity contribution in [2.24, 2.45) is 0 Å². The summed E-state index contributed by atoms with van der Waals surface area (Å²) in [6.45, 7) is 3.18. The molecule has 2 aromatic rings. The summed E-state index contributed by atoms with van der Waals surface area (Å²) in [5, 5.41) is 12.3. The van der Waals surface area contributed by atoms with Crippen molar-refractivity contribution in [2.75, 3.05) is 18.0 Å². The number of hydrogen-bond acceptors (Lipinski definition) is 4. The van der Waals surface area contributed by atoms with Crippen LogP contribution >= 0.6 is 0 Å². The summed E-state index contributed by atoms with van der Waals surface area (Å²) in [5.74, 6) is -0.380. The van der Waals surface area contributed by atoms with Crippen molar-refractivity contribution in [3.8, 4) is 0 Å². The molecule has 0 radical (unpaired) electrons. The lowest BCUT2D eigenvalue weighted by Gasteiger charge is -2.23. The second-order valence-electron chi connectivity index (χ2n) is 4.80. The van der Waals surface area contributed by atoms with E-state index in [0.717, 1.165) is 19.6 Å². The van der Waals surface area contributed by atoms with Crippen LogP contribution in [-0.2, 0) is 13.1 Å². The topological polar surface area (TPSA) is 65.7 Å². The molecule has 0 atom stereocenters. The number of hydrogen-bond donors (Lipinski definition) is 2. The van der Waals surface area contributed by atoms with Gasteiger partial charge < -0.3 is 19.7 Å². The highest BCUT2D eigenvalue weighted by Crippen LogP contribution is 2.24. The molecule has 1 aliphatic rings. The Bertz CT molecular complexity index is 621. The number of para-hydroxylation sites is 1. The molecular weight excluding hydrogens is 256 g/mol. The van der Waals surface area contributed by atoms with Gasteiger partial charge in [-0.15, -0.1) is 0 Å². The van der Waals surface area contributed by atoms with Crippen molar-refractivity contribution in [3.05, 3.63) is 53.5 Å². The van der Waals surface area contributed by atoms with Crippen LogP contribution in [0.25, 0.3) is 0 Å². The highest BCUT2D eigenvalue weighted by Gasteiger charge is 2.17. The Kier molecular flexibility index (Phi) is 3.43. The van der Waals surface area contributed by atoms with E-state index in [0.29, 0.717) is 12.3 Å². The summed E-state index contributed by atoms with van der Waals surface area (Å²) in [5.41, 5.74) is 2.42. The number of nitrogens with zero attached hydrogens (tertiary/aromatic N) is 1. The largest absolute Gasteiger partial charge is 0.475 e. The van der Waals surface area contributed by atoms with Crippen molar-refractivity contribution >= 4 is 11.7 Å². The van der Waals surface area contributed by atoms with Gasteiger partial charge in [-0.1, -0.05) is 18.2 Å². The molecule has 20 heavy (non-hydrogen) atoms. The quantitative estimate of drug-likeness (QED) is 0.895. The number of nitrogens with one attached hydrogen (secondary N) is 1. The number of anilines is 1. The number of carboxylic acid groups (broad SMARTS) is 1. The van der Waals surface area contributed by atoms with E-state index in [-0.39, 0.29) is 5.76 Å². The van der Waals surface area contributed by atoms with Gasteiger partial charge in [0.05, 0.1) is 6.54 Å². The van der Waals surface area contributed by atoms with Crippen molar-refractivity contribution in [3.63, 3.8) is 0 Å². The van der Waals surface area contributed by atoms with Crippen LogP contribution < -0.4 is 10.2 Å². The lowest BCUT2D eigenvalue weighted by atomic mass is 10.1. The van der Waals surface area contributed by atoms with Crippen molar-refractivity contribution in [1.82, 2.24) is 5.32 Å². The lowest BCUT2D eigenvalue weighted by molar-refractivity contribution is 0.0660. The first kappa shape index (κ1) is 12.7. The first-order valence-corrected chi connectivity index (χ1v) is 6.59. The first-order chi connectivity index (χ1) is 9.74. The van der Waals surface area contributed by atoms with Crippen LogP contribution in [0, 0.1) is 0 Å². The number of furan rings is 1. The third kappa shape index (κ3) is 2.53. The number of carbonyl (C=O) groups is 1. The Balaban J connectivity index is 1.84. The van der Waals surface area contributed by atoms with Gasteiger partial charge in [0.25, 0.3) is 0 Å². The van der Waals surface area contributed by atoms with Crippen molar-refractivity contribution < 1.29 is 14.3 Å². The summed E-state index contributed by atoms with van der Waals surface area (Å²) in [4.78, 5) is 13.1. The minimum atomic E-state index is -1.03. The van der Waals surface area contributed by atoms with Crippen LogP contribution in [-0.4, -0.2) is 24.2 Å². The van der Waals surface area contributed by atoms with Gasteiger partial charge in [0.1, 0.15) is 5.76 Å². The molecule has 5 nitrogen and oxygen atoms in total. The molecule has 0 spiro atoms. The summed E-state index contributed by atoms with van der Waals surface area (Å²) < 4.78 is 5.34. The van der Waals surface area contributed by atoms with Crippen LogP contribution in [0.3, 0.4) is 0 Å². The number of carboxylic acids is 1. The number of aromatic carboxylic acids is 1. The fourth-order valence-electron chi connectivity index (χ4n) is 2.46. The summed E-state index contributed by atoms with van der Waals surface area (Å²) in [6.07, 6.45) is 0. The summed E-state index contributed by atoms with van der Waals surface area (Å²) in [7, 11) is 0.